The third-order valence-electron chi connectivity index (χ3n) is 4.59. The van der Waals surface area contributed by atoms with E-state index in [1.54, 1.807) is 0 Å². The Morgan fingerprint density at radius 3 is 2.50 bits per heavy atom. The van der Waals surface area contributed by atoms with E-state index in [-0.39, 0.29) is 5.41 Å². The average Bonchev–Trinajstić information content (AvgIpc) is 2.27. The van der Waals surface area contributed by atoms with Crippen LogP contribution in [0.1, 0.15) is 50.7 Å². The molecule has 1 nitrogen and oxygen atoms in total. The van der Waals surface area contributed by atoms with Crippen LogP contribution in [0, 0.1) is 12.3 Å². The van der Waals surface area contributed by atoms with Gasteiger partial charge >= 0.3 is 0 Å². The van der Waals surface area contributed by atoms with Gasteiger partial charge in [-0.3, -0.25) is 0 Å². The van der Waals surface area contributed by atoms with Crippen molar-refractivity contribution in [3.8, 4) is 0 Å². The van der Waals surface area contributed by atoms with E-state index in [9.17, 15) is 5.11 Å². The number of hydrogen-bond donors (Lipinski definition) is 1. The molecule has 0 heterocycles. The van der Waals surface area contributed by atoms with E-state index in [0.717, 1.165) is 29.8 Å². The van der Waals surface area contributed by atoms with Gasteiger partial charge in [-0.1, -0.05) is 50.4 Å². The highest BCUT2D eigenvalue weighted by Crippen LogP contribution is 2.46. The first-order valence-corrected chi connectivity index (χ1v) is 7.19. The summed E-state index contributed by atoms with van der Waals surface area (Å²) in [6.07, 6.45) is 4.97. The van der Waals surface area contributed by atoms with E-state index >= 15 is 0 Å². The number of hydrogen-bond acceptors (Lipinski definition) is 1. The molecule has 0 radical (unpaired) electrons. The van der Waals surface area contributed by atoms with Gasteiger partial charge in [-0.05, 0) is 42.4 Å². The maximum Gasteiger partial charge on any atom is 0.0739 e. The molecule has 1 aliphatic rings. The van der Waals surface area contributed by atoms with E-state index < -0.39 is 5.60 Å². The van der Waals surface area contributed by atoms with Crippen molar-refractivity contribution in [3.63, 3.8) is 0 Å². The Kier molecular flexibility index (Phi) is 3.75. The smallest absolute Gasteiger partial charge is 0.0739 e. The first-order chi connectivity index (χ1) is 8.34. The van der Waals surface area contributed by atoms with Crippen LogP contribution in [0.2, 0.25) is 5.02 Å². The topological polar surface area (TPSA) is 20.2 Å². The fourth-order valence-corrected chi connectivity index (χ4v) is 3.30. The molecule has 0 amide bonds. The Bertz CT molecular complexity index is 439. The molecule has 2 heteroatoms. The van der Waals surface area contributed by atoms with Crippen LogP contribution < -0.4 is 0 Å². The van der Waals surface area contributed by atoms with E-state index in [1.807, 2.05) is 13.0 Å². The Balaban J connectivity index is 2.26. The number of rotatable bonds is 2. The quantitative estimate of drug-likeness (QED) is 0.834. The van der Waals surface area contributed by atoms with Gasteiger partial charge in [0.15, 0.2) is 0 Å². The molecule has 0 saturated heterocycles. The minimum atomic E-state index is -0.621. The van der Waals surface area contributed by atoms with Gasteiger partial charge in [0.1, 0.15) is 0 Å². The molecule has 1 aromatic rings. The van der Waals surface area contributed by atoms with Crippen LogP contribution in [-0.4, -0.2) is 10.7 Å². The third kappa shape index (κ3) is 2.57. The SMILES string of the molecule is Cc1ccc(CC2(O)CCCCC2(C)C)c(Cl)c1. The molecule has 1 aromatic carbocycles. The van der Waals surface area contributed by atoms with Crippen molar-refractivity contribution in [1.29, 1.82) is 0 Å². The molecule has 0 aliphatic heterocycles. The minimum absolute atomic E-state index is 0.0283. The molecule has 1 atom stereocenters. The highest BCUT2D eigenvalue weighted by atomic mass is 35.5. The zero-order chi connectivity index (χ0) is 13.4. The monoisotopic (exact) mass is 266 g/mol. The second-order valence-corrected chi connectivity index (χ2v) is 6.80. The van der Waals surface area contributed by atoms with E-state index in [4.69, 9.17) is 11.6 Å². The van der Waals surface area contributed by atoms with Crippen molar-refractivity contribution in [2.75, 3.05) is 0 Å². The summed E-state index contributed by atoms with van der Waals surface area (Å²) in [5.74, 6) is 0. The molecule has 100 valence electrons. The Labute approximate surface area is 115 Å². The highest BCUT2D eigenvalue weighted by Gasteiger charge is 2.45. The zero-order valence-corrected chi connectivity index (χ0v) is 12.3. The van der Waals surface area contributed by atoms with Crippen LogP contribution in [-0.2, 0) is 6.42 Å². The molecule has 1 aliphatic carbocycles. The van der Waals surface area contributed by atoms with Crippen LogP contribution in [0.4, 0.5) is 0 Å². The average molecular weight is 267 g/mol. The van der Waals surface area contributed by atoms with Crippen LogP contribution >= 0.6 is 11.6 Å². The predicted octanol–water partition coefficient (Wildman–Crippen LogP) is 4.52. The van der Waals surface area contributed by atoms with E-state index in [1.165, 1.54) is 12.0 Å². The Hall–Kier alpha value is -0.530. The molecule has 1 fully saturated rings. The van der Waals surface area contributed by atoms with Gasteiger partial charge in [0.2, 0.25) is 0 Å². The maximum absolute atomic E-state index is 11.0. The van der Waals surface area contributed by atoms with Gasteiger partial charge < -0.3 is 5.11 Å². The fraction of sp³-hybridized carbons (Fsp3) is 0.625. The van der Waals surface area contributed by atoms with Crippen molar-refractivity contribution < 1.29 is 5.11 Å². The normalized spacial score (nSPS) is 27.2. The van der Waals surface area contributed by atoms with Gasteiger partial charge in [-0.25, -0.2) is 0 Å². The maximum atomic E-state index is 11.0. The van der Waals surface area contributed by atoms with E-state index in [0.29, 0.717) is 6.42 Å². The summed E-state index contributed by atoms with van der Waals surface area (Å²) in [5.41, 5.74) is 1.59. The van der Waals surface area contributed by atoms with Gasteiger partial charge in [-0.15, -0.1) is 0 Å². The fourth-order valence-electron chi connectivity index (χ4n) is 2.99. The minimum Gasteiger partial charge on any atom is -0.389 e. The Morgan fingerprint density at radius 1 is 1.22 bits per heavy atom. The molecule has 1 saturated carbocycles. The molecule has 0 aromatic heterocycles. The van der Waals surface area contributed by atoms with Crippen molar-refractivity contribution in [1.82, 2.24) is 0 Å². The molecule has 0 bridgehead atoms. The van der Waals surface area contributed by atoms with Crippen molar-refractivity contribution in [2.45, 2.75) is 58.5 Å². The molecular formula is C16H23ClO. The lowest BCUT2D eigenvalue weighted by atomic mass is 9.63. The van der Waals surface area contributed by atoms with Crippen LogP contribution in [0.3, 0.4) is 0 Å². The summed E-state index contributed by atoms with van der Waals surface area (Å²) in [5, 5.41) is 11.8. The molecular weight excluding hydrogens is 244 g/mol. The van der Waals surface area contributed by atoms with Crippen molar-refractivity contribution in [2.24, 2.45) is 5.41 Å². The summed E-state index contributed by atoms with van der Waals surface area (Å²) < 4.78 is 0. The first-order valence-electron chi connectivity index (χ1n) is 6.81. The van der Waals surface area contributed by atoms with Crippen LogP contribution in [0.25, 0.3) is 0 Å². The summed E-state index contributed by atoms with van der Waals surface area (Å²) >= 11 is 6.29. The zero-order valence-electron chi connectivity index (χ0n) is 11.6. The molecule has 1 unspecified atom stereocenters. The lowest BCUT2D eigenvalue weighted by Crippen LogP contribution is -2.48. The van der Waals surface area contributed by atoms with Crippen molar-refractivity contribution >= 4 is 11.6 Å². The third-order valence-corrected chi connectivity index (χ3v) is 4.95. The van der Waals surface area contributed by atoms with Gasteiger partial charge in [-0.2, -0.15) is 0 Å². The van der Waals surface area contributed by atoms with Crippen molar-refractivity contribution in [3.05, 3.63) is 34.3 Å². The predicted molar refractivity (Wildman–Crippen MR) is 77.1 cm³/mol. The molecule has 0 spiro atoms. The van der Waals surface area contributed by atoms with Gasteiger partial charge in [0.05, 0.1) is 5.60 Å². The standard InChI is InChI=1S/C16H23ClO/c1-12-6-7-13(14(17)10-12)11-16(18)9-5-4-8-15(16,2)3/h6-7,10,18H,4-5,8-9,11H2,1-3H3. The Morgan fingerprint density at radius 2 is 1.89 bits per heavy atom. The van der Waals surface area contributed by atoms with Gasteiger partial charge in [0, 0.05) is 11.4 Å². The molecule has 1 N–H and O–H groups in total. The largest absolute Gasteiger partial charge is 0.389 e. The summed E-state index contributed by atoms with van der Waals surface area (Å²) in [6.45, 7) is 6.39. The van der Waals surface area contributed by atoms with Crippen LogP contribution in [0.15, 0.2) is 18.2 Å². The number of halogens is 1. The second-order valence-electron chi connectivity index (χ2n) is 6.39. The highest BCUT2D eigenvalue weighted by molar-refractivity contribution is 6.31. The van der Waals surface area contributed by atoms with Gasteiger partial charge in [0.25, 0.3) is 0 Å². The summed E-state index contributed by atoms with van der Waals surface area (Å²) in [7, 11) is 0. The summed E-state index contributed by atoms with van der Waals surface area (Å²) in [6, 6.07) is 6.11. The second kappa shape index (κ2) is 4.86. The number of aliphatic hydroxyl groups is 1. The first kappa shape index (κ1) is 13.9. The molecule has 18 heavy (non-hydrogen) atoms. The number of benzene rings is 1. The lowest BCUT2D eigenvalue weighted by Gasteiger charge is -2.47. The van der Waals surface area contributed by atoms with Crippen LogP contribution in [0.5, 0.6) is 0 Å². The van der Waals surface area contributed by atoms with E-state index in [2.05, 4.69) is 26.0 Å². The lowest BCUT2D eigenvalue weighted by molar-refractivity contribution is -0.0958. The number of aryl methyl sites for hydroxylation is 1. The molecule has 2 rings (SSSR count). The summed E-state index contributed by atoms with van der Waals surface area (Å²) in [4.78, 5) is 0.